The first-order valence-electron chi connectivity index (χ1n) is 3.80. The molecule has 0 N–H and O–H groups in total. The van der Waals surface area contributed by atoms with Gasteiger partial charge in [-0.3, -0.25) is 0 Å². The minimum absolute atomic E-state index is 0.193. The smallest absolute Gasteiger partial charge is 0.495 e. The Bertz CT molecular complexity index is 368. The first kappa shape index (κ1) is 12.3. The van der Waals surface area contributed by atoms with E-state index in [0.717, 1.165) is 0 Å². The molecule has 0 aliphatic heterocycles. The molecule has 0 saturated carbocycles. The average Bonchev–Trinajstić information content (AvgIpc) is 2.08. The summed E-state index contributed by atoms with van der Waals surface area (Å²) in [6.45, 7) is 1.56. The van der Waals surface area contributed by atoms with Crippen molar-refractivity contribution in [1.29, 1.82) is 0 Å². The van der Waals surface area contributed by atoms with Gasteiger partial charge in [-0.1, -0.05) is 0 Å². The third-order valence-electron chi connectivity index (χ3n) is 1.45. The maximum Gasteiger partial charge on any atom is 0.574 e. The van der Waals surface area contributed by atoms with Gasteiger partial charge in [0.25, 0.3) is 0 Å². The molecule has 0 aliphatic rings. The molecule has 0 amide bonds. The first-order valence-corrected chi connectivity index (χ1v) is 4.88. The second kappa shape index (κ2) is 4.42. The van der Waals surface area contributed by atoms with Crippen molar-refractivity contribution in [3.05, 3.63) is 15.3 Å². The molecular formula is C8H7F3INO2. The summed E-state index contributed by atoms with van der Waals surface area (Å²) in [5.41, 5.74) is 0.395. The van der Waals surface area contributed by atoms with Gasteiger partial charge in [-0.2, -0.15) is 0 Å². The zero-order valence-corrected chi connectivity index (χ0v) is 10.0. The number of ether oxygens (including phenoxy) is 2. The summed E-state index contributed by atoms with van der Waals surface area (Å²) in [4.78, 5) is 3.64. The SMILES string of the molecule is COc1cc(C)nc(OC(F)(F)F)c1I. The minimum atomic E-state index is -4.74. The van der Waals surface area contributed by atoms with Crippen LogP contribution in [0.3, 0.4) is 0 Å². The van der Waals surface area contributed by atoms with Crippen LogP contribution in [0.1, 0.15) is 5.69 Å². The maximum absolute atomic E-state index is 12.0. The first-order chi connectivity index (χ1) is 6.83. The summed E-state index contributed by atoms with van der Waals surface area (Å²) in [6.07, 6.45) is -4.74. The van der Waals surface area contributed by atoms with Crippen LogP contribution >= 0.6 is 22.6 Å². The number of hydrogen-bond donors (Lipinski definition) is 0. The fraction of sp³-hybridized carbons (Fsp3) is 0.375. The summed E-state index contributed by atoms with van der Waals surface area (Å²) in [5, 5.41) is 0. The van der Waals surface area contributed by atoms with E-state index in [1.807, 2.05) is 0 Å². The second-order valence-electron chi connectivity index (χ2n) is 2.63. The molecular weight excluding hydrogens is 326 g/mol. The minimum Gasteiger partial charge on any atom is -0.495 e. The Morgan fingerprint density at radius 2 is 2.00 bits per heavy atom. The van der Waals surface area contributed by atoms with E-state index in [-0.39, 0.29) is 3.57 Å². The van der Waals surface area contributed by atoms with Crippen molar-refractivity contribution in [1.82, 2.24) is 4.98 Å². The topological polar surface area (TPSA) is 31.4 Å². The Morgan fingerprint density at radius 3 is 2.47 bits per heavy atom. The fourth-order valence-corrected chi connectivity index (χ4v) is 1.53. The number of nitrogens with zero attached hydrogens (tertiary/aromatic N) is 1. The van der Waals surface area contributed by atoms with Crippen LogP contribution in [-0.4, -0.2) is 18.5 Å². The van der Waals surface area contributed by atoms with Crippen molar-refractivity contribution in [2.24, 2.45) is 0 Å². The van der Waals surface area contributed by atoms with Gasteiger partial charge in [-0.25, -0.2) is 4.98 Å². The third kappa shape index (κ3) is 3.40. The molecule has 15 heavy (non-hydrogen) atoms. The molecule has 0 atom stereocenters. The molecule has 0 saturated heterocycles. The van der Waals surface area contributed by atoms with Gasteiger partial charge in [0.15, 0.2) is 0 Å². The molecule has 3 nitrogen and oxygen atoms in total. The highest BCUT2D eigenvalue weighted by Crippen LogP contribution is 2.32. The Kier molecular flexibility index (Phi) is 3.63. The lowest BCUT2D eigenvalue weighted by molar-refractivity contribution is -0.276. The normalized spacial score (nSPS) is 11.3. The monoisotopic (exact) mass is 333 g/mol. The number of aryl methyl sites for hydroxylation is 1. The van der Waals surface area contributed by atoms with Crippen molar-refractivity contribution in [2.75, 3.05) is 7.11 Å². The van der Waals surface area contributed by atoms with Crippen molar-refractivity contribution in [3.63, 3.8) is 0 Å². The van der Waals surface area contributed by atoms with E-state index in [4.69, 9.17) is 4.74 Å². The second-order valence-corrected chi connectivity index (χ2v) is 3.71. The number of rotatable bonds is 2. The van der Waals surface area contributed by atoms with Crippen LogP contribution < -0.4 is 9.47 Å². The van der Waals surface area contributed by atoms with Crippen LogP contribution in [0.5, 0.6) is 11.6 Å². The Morgan fingerprint density at radius 1 is 1.40 bits per heavy atom. The predicted molar refractivity (Wildman–Crippen MR) is 54.9 cm³/mol. The fourth-order valence-electron chi connectivity index (χ4n) is 0.926. The molecule has 0 spiro atoms. The Hall–Kier alpha value is -0.730. The van der Waals surface area contributed by atoms with Crippen LogP contribution in [0.4, 0.5) is 13.2 Å². The molecule has 0 unspecified atom stereocenters. The van der Waals surface area contributed by atoms with Crippen molar-refractivity contribution >= 4 is 22.6 Å². The van der Waals surface area contributed by atoms with Gasteiger partial charge < -0.3 is 9.47 Å². The van der Waals surface area contributed by atoms with E-state index in [9.17, 15) is 13.2 Å². The van der Waals surface area contributed by atoms with Crippen molar-refractivity contribution < 1.29 is 22.6 Å². The third-order valence-corrected chi connectivity index (χ3v) is 2.45. The molecule has 1 rings (SSSR count). The summed E-state index contributed by atoms with van der Waals surface area (Å²) in [6, 6.07) is 1.53. The van der Waals surface area contributed by atoms with Gasteiger partial charge >= 0.3 is 6.36 Å². The van der Waals surface area contributed by atoms with Crippen LogP contribution in [0.25, 0.3) is 0 Å². The van der Waals surface area contributed by atoms with E-state index in [1.54, 1.807) is 29.5 Å². The zero-order valence-electron chi connectivity index (χ0n) is 7.85. The van der Waals surface area contributed by atoms with E-state index in [0.29, 0.717) is 11.4 Å². The molecule has 0 bridgehead atoms. The number of alkyl halides is 3. The number of pyridine rings is 1. The van der Waals surface area contributed by atoms with Crippen LogP contribution in [-0.2, 0) is 0 Å². The molecule has 1 aromatic rings. The predicted octanol–water partition coefficient (Wildman–Crippen LogP) is 2.90. The van der Waals surface area contributed by atoms with Gasteiger partial charge in [-0.15, -0.1) is 13.2 Å². The van der Waals surface area contributed by atoms with Crippen LogP contribution in [0.2, 0.25) is 0 Å². The maximum atomic E-state index is 12.0. The standard InChI is InChI=1S/C8H7F3INO2/c1-4-3-5(14-2)6(12)7(13-4)15-8(9,10)11/h3H,1-2H3. The van der Waals surface area contributed by atoms with Crippen molar-refractivity contribution in [3.8, 4) is 11.6 Å². The molecule has 0 radical (unpaired) electrons. The lowest BCUT2D eigenvalue weighted by atomic mass is 10.3. The van der Waals surface area contributed by atoms with E-state index in [2.05, 4.69) is 9.72 Å². The molecule has 1 aromatic heterocycles. The Labute approximate surface area is 97.7 Å². The molecule has 84 valence electrons. The highest BCUT2D eigenvalue weighted by atomic mass is 127. The van der Waals surface area contributed by atoms with E-state index >= 15 is 0 Å². The largest absolute Gasteiger partial charge is 0.574 e. The number of methoxy groups -OCH3 is 1. The van der Waals surface area contributed by atoms with Gasteiger partial charge in [0.2, 0.25) is 5.88 Å². The van der Waals surface area contributed by atoms with E-state index in [1.165, 1.54) is 13.2 Å². The van der Waals surface area contributed by atoms with Gasteiger partial charge in [-0.05, 0) is 29.5 Å². The quantitative estimate of drug-likeness (QED) is 0.780. The summed E-state index contributed by atoms with van der Waals surface area (Å²) < 4.78 is 44.8. The highest BCUT2D eigenvalue weighted by molar-refractivity contribution is 14.1. The highest BCUT2D eigenvalue weighted by Gasteiger charge is 2.33. The van der Waals surface area contributed by atoms with Gasteiger partial charge in [0.1, 0.15) is 9.32 Å². The van der Waals surface area contributed by atoms with Gasteiger partial charge in [0.05, 0.1) is 7.11 Å². The van der Waals surface area contributed by atoms with Gasteiger partial charge in [0, 0.05) is 11.8 Å². The average molecular weight is 333 g/mol. The van der Waals surface area contributed by atoms with E-state index < -0.39 is 12.2 Å². The molecule has 0 fully saturated rings. The van der Waals surface area contributed by atoms with Crippen molar-refractivity contribution in [2.45, 2.75) is 13.3 Å². The molecule has 7 heteroatoms. The summed E-state index contributed by atoms with van der Waals surface area (Å²) >= 11 is 1.69. The van der Waals surface area contributed by atoms with Crippen LogP contribution in [0.15, 0.2) is 6.07 Å². The molecule has 0 aliphatic carbocycles. The molecule has 0 aromatic carbocycles. The number of aromatic nitrogens is 1. The lowest BCUT2D eigenvalue weighted by Crippen LogP contribution is -2.19. The zero-order chi connectivity index (χ0) is 11.6. The lowest BCUT2D eigenvalue weighted by Gasteiger charge is -2.12. The summed E-state index contributed by atoms with van der Waals surface area (Å²) in [7, 11) is 1.37. The number of halogens is 4. The summed E-state index contributed by atoms with van der Waals surface area (Å²) in [5.74, 6) is -0.178. The van der Waals surface area contributed by atoms with Crippen LogP contribution in [0, 0.1) is 10.5 Å². The molecule has 1 heterocycles. The number of hydrogen-bond acceptors (Lipinski definition) is 3. The Balaban J connectivity index is 3.12.